The zero-order valence-corrected chi connectivity index (χ0v) is 19.5. The van der Waals surface area contributed by atoms with Crippen LogP contribution in [-0.2, 0) is 0 Å². The molecule has 162 valence electrons. The zero-order chi connectivity index (χ0) is 22.8. The van der Waals surface area contributed by atoms with Crippen molar-refractivity contribution in [1.82, 2.24) is 14.8 Å². The Morgan fingerprint density at radius 3 is 2.36 bits per heavy atom. The number of halogens is 1. The predicted octanol–water partition coefficient (Wildman–Crippen LogP) is 7.02. The minimum atomic E-state index is 0.0530. The molecule has 0 spiro atoms. The fourth-order valence-electron chi connectivity index (χ4n) is 3.65. The Morgan fingerprint density at radius 2 is 1.61 bits per heavy atom. The molecule has 0 fully saturated rings. The number of nitrogens with zero attached hydrogens (tertiary/aromatic N) is 3. The van der Waals surface area contributed by atoms with Gasteiger partial charge in [-0.15, -0.1) is 10.2 Å². The second-order valence-electron chi connectivity index (χ2n) is 7.76. The summed E-state index contributed by atoms with van der Waals surface area (Å²) in [7, 11) is 0. The molecule has 0 aliphatic carbocycles. The molecular formula is C27H20ClN3OS. The SMILES string of the molecule is Cc1ccc(-n2c(SCC(=O)c3ccc4ccccc4c3)nnc2-c2ccc(Cl)cc2)cc1. The largest absolute Gasteiger partial charge is 0.293 e. The van der Waals surface area contributed by atoms with E-state index < -0.39 is 0 Å². The summed E-state index contributed by atoms with van der Waals surface area (Å²) in [5.74, 6) is 1.02. The lowest BCUT2D eigenvalue weighted by Gasteiger charge is -2.11. The van der Waals surface area contributed by atoms with Crippen LogP contribution >= 0.6 is 23.4 Å². The van der Waals surface area contributed by atoms with Crippen LogP contribution in [0.2, 0.25) is 5.02 Å². The van der Waals surface area contributed by atoms with Crippen molar-refractivity contribution in [3.05, 3.63) is 107 Å². The molecule has 0 aliphatic rings. The van der Waals surface area contributed by atoms with Gasteiger partial charge in [0.25, 0.3) is 0 Å². The molecule has 0 radical (unpaired) electrons. The second-order valence-corrected chi connectivity index (χ2v) is 9.14. The van der Waals surface area contributed by atoms with Crippen LogP contribution < -0.4 is 0 Å². The number of thioether (sulfide) groups is 1. The number of hydrogen-bond acceptors (Lipinski definition) is 4. The van der Waals surface area contributed by atoms with Gasteiger partial charge in [0, 0.05) is 21.8 Å². The first-order valence-corrected chi connectivity index (χ1v) is 11.9. The lowest BCUT2D eigenvalue weighted by Crippen LogP contribution is -2.05. The summed E-state index contributed by atoms with van der Waals surface area (Å²) < 4.78 is 1.99. The van der Waals surface area contributed by atoms with Crippen molar-refractivity contribution in [1.29, 1.82) is 0 Å². The van der Waals surface area contributed by atoms with Gasteiger partial charge >= 0.3 is 0 Å². The molecular weight excluding hydrogens is 450 g/mol. The molecule has 6 heteroatoms. The van der Waals surface area contributed by atoms with E-state index in [9.17, 15) is 4.79 Å². The number of carbonyl (C=O) groups excluding carboxylic acids is 1. The highest BCUT2D eigenvalue weighted by atomic mass is 35.5. The molecule has 4 nitrogen and oxygen atoms in total. The first-order valence-electron chi connectivity index (χ1n) is 10.5. The average molecular weight is 470 g/mol. The minimum absolute atomic E-state index is 0.0530. The van der Waals surface area contributed by atoms with Gasteiger partial charge in [-0.3, -0.25) is 9.36 Å². The van der Waals surface area contributed by atoms with E-state index in [-0.39, 0.29) is 11.5 Å². The fourth-order valence-corrected chi connectivity index (χ4v) is 4.62. The number of Topliss-reactive ketones (excluding diaryl/α,β-unsaturated/α-hetero) is 1. The van der Waals surface area contributed by atoms with Crippen LogP contribution in [0.4, 0.5) is 0 Å². The fraction of sp³-hybridized carbons (Fsp3) is 0.0741. The highest BCUT2D eigenvalue weighted by Crippen LogP contribution is 2.29. The Hall–Kier alpha value is -3.41. The maximum Gasteiger partial charge on any atom is 0.196 e. The van der Waals surface area contributed by atoms with Gasteiger partial charge < -0.3 is 0 Å². The maximum absolute atomic E-state index is 13.0. The van der Waals surface area contributed by atoms with E-state index >= 15 is 0 Å². The highest BCUT2D eigenvalue weighted by molar-refractivity contribution is 7.99. The van der Waals surface area contributed by atoms with E-state index in [2.05, 4.69) is 22.3 Å². The number of benzene rings is 4. The van der Waals surface area contributed by atoms with Gasteiger partial charge in [0.05, 0.1) is 5.75 Å². The number of rotatable bonds is 6. The van der Waals surface area contributed by atoms with E-state index in [1.54, 1.807) is 0 Å². The van der Waals surface area contributed by atoms with E-state index in [4.69, 9.17) is 11.6 Å². The second kappa shape index (κ2) is 9.22. The van der Waals surface area contributed by atoms with Crippen molar-refractivity contribution in [2.24, 2.45) is 0 Å². The van der Waals surface area contributed by atoms with Gasteiger partial charge in [0.15, 0.2) is 16.8 Å². The number of carbonyl (C=O) groups is 1. The summed E-state index contributed by atoms with van der Waals surface area (Å²) in [4.78, 5) is 13.0. The summed E-state index contributed by atoms with van der Waals surface area (Å²) in [6, 6.07) is 29.5. The topological polar surface area (TPSA) is 47.8 Å². The number of hydrogen-bond donors (Lipinski definition) is 0. The molecule has 0 aliphatic heterocycles. The number of aromatic nitrogens is 3. The Kier molecular flexibility index (Phi) is 5.99. The number of ketones is 1. The normalized spacial score (nSPS) is 11.1. The van der Waals surface area contributed by atoms with E-state index in [0.717, 1.165) is 22.0 Å². The van der Waals surface area contributed by atoms with Crippen LogP contribution in [0.15, 0.2) is 96.2 Å². The number of fused-ring (bicyclic) bond motifs is 1. The number of aryl methyl sites for hydroxylation is 1. The van der Waals surface area contributed by atoms with Crippen molar-refractivity contribution in [3.8, 4) is 17.1 Å². The molecule has 0 N–H and O–H groups in total. The first-order chi connectivity index (χ1) is 16.1. The lowest BCUT2D eigenvalue weighted by atomic mass is 10.1. The molecule has 33 heavy (non-hydrogen) atoms. The summed E-state index contributed by atoms with van der Waals surface area (Å²) >= 11 is 7.46. The molecule has 0 atom stereocenters. The minimum Gasteiger partial charge on any atom is -0.293 e. The Bertz CT molecular complexity index is 1440. The quantitative estimate of drug-likeness (QED) is 0.198. The van der Waals surface area contributed by atoms with Crippen LogP contribution in [0.1, 0.15) is 15.9 Å². The van der Waals surface area contributed by atoms with Crippen LogP contribution in [-0.4, -0.2) is 26.3 Å². The third-order valence-electron chi connectivity index (χ3n) is 5.43. The van der Waals surface area contributed by atoms with Gasteiger partial charge in [0.1, 0.15) is 0 Å². The molecule has 4 aromatic carbocycles. The third kappa shape index (κ3) is 4.56. The van der Waals surface area contributed by atoms with Crippen LogP contribution in [0.3, 0.4) is 0 Å². The monoisotopic (exact) mass is 469 g/mol. The molecule has 0 bridgehead atoms. The van der Waals surface area contributed by atoms with E-state index in [1.807, 2.05) is 90.4 Å². The predicted molar refractivity (Wildman–Crippen MR) is 136 cm³/mol. The molecule has 0 saturated carbocycles. The summed E-state index contributed by atoms with van der Waals surface area (Å²) in [5, 5.41) is 12.4. The van der Waals surface area contributed by atoms with Gasteiger partial charge in [-0.2, -0.15) is 0 Å². The smallest absolute Gasteiger partial charge is 0.196 e. The molecule has 1 heterocycles. The van der Waals surface area contributed by atoms with Gasteiger partial charge in [-0.1, -0.05) is 77.5 Å². The average Bonchev–Trinajstić information content (AvgIpc) is 3.27. The molecule has 1 aromatic heterocycles. The maximum atomic E-state index is 13.0. The Morgan fingerprint density at radius 1 is 0.879 bits per heavy atom. The summed E-state index contributed by atoms with van der Waals surface area (Å²) in [6.07, 6.45) is 0. The van der Waals surface area contributed by atoms with Crippen LogP contribution in [0.25, 0.3) is 27.8 Å². The van der Waals surface area contributed by atoms with Crippen LogP contribution in [0, 0.1) is 6.92 Å². The van der Waals surface area contributed by atoms with Crippen molar-refractivity contribution in [2.45, 2.75) is 12.1 Å². The van der Waals surface area contributed by atoms with Crippen LogP contribution in [0.5, 0.6) is 0 Å². The van der Waals surface area contributed by atoms with Gasteiger partial charge in [0.2, 0.25) is 0 Å². The zero-order valence-electron chi connectivity index (χ0n) is 17.9. The molecule has 5 rings (SSSR count). The first kappa shape index (κ1) is 21.4. The Balaban J connectivity index is 1.46. The summed E-state index contributed by atoms with van der Waals surface area (Å²) in [5.41, 5.74) is 3.71. The molecule has 0 amide bonds. The van der Waals surface area contributed by atoms with Gasteiger partial charge in [-0.05, 0) is 60.2 Å². The highest BCUT2D eigenvalue weighted by Gasteiger charge is 2.18. The van der Waals surface area contributed by atoms with E-state index in [1.165, 1.54) is 17.3 Å². The third-order valence-corrected chi connectivity index (χ3v) is 6.61. The molecule has 0 saturated heterocycles. The molecule has 0 unspecified atom stereocenters. The lowest BCUT2D eigenvalue weighted by molar-refractivity contribution is 0.102. The Labute approximate surface area is 201 Å². The van der Waals surface area contributed by atoms with Crippen molar-refractivity contribution in [3.63, 3.8) is 0 Å². The van der Waals surface area contributed by atoms with E-state index in [0.29, 0.717) is 21.6 Å². The van der Waals surface area contributed by atoms with Gasteiger partial charge in [-0.25, -0.2) is 0 Å². The standard InChI is InChI=1S/C27H20ClN3OS/c1-18-6-14-24(15-7-18)31-26(20-10-12-23(28)13-11-20)29-30-27(31)33-17-25(32)22-9-8-19-4-2-3-5-21(19)16-22/h2-16H,17H2,1H3. The van der Waals surface area contributed by atoms with Crippen molar-refractivity contribution >= 4 is 39.9 Å². The van der Waals surface area contributed by atoms with Crippen molar-refractivity contribution in [2.75, 3.05) is 5.75 Å². The summed E-state index contributed by atoms with van der Waals surface area (Å²) in [6.45, 7) is 2.05. The molecule has 5 aromatic rings. The van der Waals surface area contributed by atoms with Crippen molar-refractivity contribution < 1.29 is 4.79 Å².